The molecule has 0 bridgehead atoms. The Kier molecular flexibility index (Phi) is 8.24. The number of aryl methyl sites for hydroxylation is 3. The topological polar surface area (TPSA) is 114 Å². The number of anilines is 2. The van der Waals surface area contributed by atoms with Crippen LogP contribution in [0.4, 0.5) is 11.4 Å². The Morgan fingerprint density at radius 2 is 1.65 bits per heavy atom. The first-order chi connectivity index (χ1) is 16.2. The fourth-order valence-corrected chi connectivity index (χ4v) is 3.76. The Morgan fingerprint density at radius 3 is 2.26 bits per heavy atom. The second-order valence-corrected chi connectivity index (χ2v) is 8.19. The fraction of sp³-hybridized carbons (Fsp3) is 0.360. The van der Waals surface area contributed by atoms with Crippen molar-refractivity contribution in [1.82, 2.24) is 5.32 Å². The summed E-state index contributed by atoms with van der Waals surface area (Å²) in [5.41, 5.74) is 4.47. The Balaban J connectivity index is 1.35. The summed E-state index contributed by atoms with van der Waals surface area (Å²) in [6, 6.07) is 10.8. The SMILES string of the molecule is Cc1cc(C)c(NC(=O)CNC(=O)COC(=O)COc2ccc(N3CCCC3=O)cc2)c(C)c1. The van der Waals surface area contributed by atoms with Gasteiger partial charge in [-0.05, 0) is 62.6 Å². The van der Waals surface area contributed by atoms with Crippen LogP contribution >= 0.6 is 0 Å². The second-order valence-electron chi connectivity index (χ2n) is 8.19. The molecule has 9 nitrogen and oxygen atoms in total. The Hall–Kier alpha value is -3.88. The lowest BCUT2D eigenvalue weighted by atomic mass is 10.1. The molecule has 0 spiro atoms. The number of hydrogen-bond acceptors (Lipinski definition) is 6. The smallest absolute Gasteiger partial charge is 0.344 e. The van der Waals surface area contributed by atoms with Crippen molar-refractivity contribution >= 4 is 35.1 Å². The monoisotopic (exact) mass is 467 g/mol. The zero-order chi connectivity index (χ0) is 24.7. The molecule has 1 fully saturated rings. The quantitative estimate of drug-likeness (QED) is 0.548. The number of esters is 1. The van der Waals surface area contributed by atoms with Gasteiger partial charge in [0, 0.05) is 24.3 Å². The number of amides is 3. The largest absolute Gasteiger partial charge is 0.482 e. The molecule has 2 aromatic carbocycles. The maximum atomic E-state index is 12.2. The molecule has 1 aliphatic rings. The number of hydrogen-bond donors (Lipinski definition) is 2. The predicted octanol–water partition coefficient (Wildman–Crippen LogP) is 2.42. The van der Waals surface area contributed by atoms with Crippen LogP contribution < -0.4 is 20.3 Å². The van der Waals surface area contributed by atoms with E-state index < -0.39 is 18.5 Å². The van der Waals surface area contributed by atoms with E-state index in [0.717, 1.165) is 28.8 Å². The molecular weight excluding hydrogens is 438 g/mol. The Labute approximate surface area is 198 Å². The third-order valence-corrected chi connectivity index (χ3v) is 5.33. The van der Waals surface area contributed by atoms with Gasteiger partial charge in [0.05, 0.1) is 6.54 Å². The van der Waals surface area contributed by atoms with Gasteiger partial charge in [-0.15, -0.1) is 0 Å². The maximum absolute atomic E-state index is 12.2. The van der Waals surface area contributed by atoms with Crippen LogP contribution in [-0.4, -0.2) is 50.0 Å². The van der Waals surface area contributed by atoms with Crippen molar-refractivity contribution in [3.05, 3.63) is 53.1 Å². The van der Waals surface area contributed by atoms with E-state index in [1.165, 1.54) is 0 Å². The first kappa shape index (κ1) is 24.8. The van der Waals surface area contributed by atoms with Crippen LogP contribution in [0.5, 0.6) is 5.75 Å². The van der Waals surface area contributed by atoms with Crippen LogP contribution in [0.3, 0.4) is 0 Å². The molecule has 1 saturated heterocycles. The Bertz CT molecular complexity index is 1060. The molecule has 9 heteroatoms. The first-order valence-electron chi connectivity index (χ1n) is 11.1. The minimum Gasteiger partial charge on any atom is -0.482 e. The normalized spacial score (nSPS) is 12.9. The summed E-state index contributed by atoms with van der Waals surface area (Å²) in [5, 5.41) is 5.20. The van der Waals surface area contributed by atoms with E-state index >= 15 is 0 Å². The zero-order valence-corrected chi connectivity index (χ0v) is 19.6. The molecule has 0 radical (unpaired) electrons. The summed E-state index contributed by atoms with van der Waals surface area (Å²) in [7, 11) is 0. The van der Waals surface area contributed by atoms with Crippen LogP contribution in [0.25, 0.3) is 0 Å². The molecule has 0 aliphatic carbocycles. The van der Waals surface area contributed by atoms with Crippen molar-refractivity contribution in [3.8, 4) is 5.75 Å². The minimum atomic E-state index is -0.718. The van der Waals surface area contributed by atoms with Crippen molar-refractivity contribution < 1.29 is 28.7 Å². The molecule has 3 amide bonds. The predicted molar refractivity (Wildman–Crippen MR) is 127 cm³/mol. The van der Waals surface area contributed by atoms with E-state index in [-0.39, 0.29) is 25.0 Å². The van der Waals surface area contributed by atoms with Gasteiger partial charge in [0.2, 0.25) is 11.8 Å². The molecule has 180 valence electrons. The number of benzene rings is 2. The minimum absolute atomic E-state index is 0.0911. The molecule has 2 aromatic rings. The van der Waals surface area contributed by atoms with E-state index in [0.29, 0.717) is 24.4 Å². The van der Waals surface area contributed by atoms with E-state index in [1.807, 2.05) is 32.9 Å². The first-order valence-corrected chi connectivity index (χ1v) is 11.1. The van der Waals surface area contributed by atoms with Crippen LogP contribution in [0, 0.1) is 20.8 Å². The second kappa shape index (κ2) is 11.3. The number of nitrogens with one attached hydrogen (secondary N) is 2. The summed E-state index contributed by atoms with van der Waals surface area (Å²) in [6.07, 6.45) is 1.39. The molecule has 1 aliphatic heterocycles. The third kappa shape index (κ3) is 6.81. The third-order valence-electron chi connectivity index (χ3n) is 5.33. The van der Waals surface area contributed by atoms with Gasteiger partial charge in [0.25, 0.3) is 5.91 Å². The standard InChI is InChI=1S/C25H29N3O6/c1-16-11-17(2)25(18(3)12-16)27-21(29)13-26-22(30)14-34-24(32)15-33-20-8-6-19(7-9-20)28-10-4-5-23(28)31/h6-9,11-12H,4-5,10,13-15H2,1-3H3,(H,26,30)(H,27,29). The summed E-state index contributed by atoms with van der Waals surface area (Å²) in [6.45, 7) is 5.34. The van der Waals surface area contributed by atoms with Gasteiger partial charge in [-0.1, -0.05) is 17.7 Å². The van der Waals surface area contributed by atoms with Crippen LogP contribution in [0.2, 0.25) is 0 Å². The highest BCUT2D eigenvalue weighted by Gasteiger charge is 2.21. The van der Waals surface area contributed by atoms with Gasteiger partial charge < -0.3 is 25.0 Å². The number of ether oxygens (including phenoxy) is 2. The van der Waals surface area contributed by atoms with E-state index in [9.17, 15) is 19.2 Å². The van der Waals surface area contributed by atoms with Crippen molar-refractivity contribution in [2.45, 2.75) is 33.6 Å². The summed E-state index contributed by atoms with van der Waals surface area (Å²) < 4.78 is 10.3. The number of nitrogens with zero attached hydrogens (tertiary/aromatic N) is 1. The van der Waals surface area contributed by atoms with Gasteiger partial charge in [-0.3, -0.25) is 14.4 Å². The van der Waals surface area contributed by atoms with E-state index in [4.69, 9.17) is 9.47 Å². The average molecular weight is 468 g/mol. The van der Waals surface area contributed by atoms with Gasteiger partial charge in [0.1, 0.15) is 5.75 Å². The molecule has 34 heavy (non-hydrogen) atoms. The lowest BCUT2D eigenvalue weighted by Crippen LogP contribution is -2.36. The van der Waals surface area contributed by atoms with Crippen molar-refractivity contribution in [1.29, 1.82) is 0 Å². The van der Waals surface area contributed by atoms with Crippen molar-refractivity contribution in [2.24, 2.45) is 0 Å². The summed E-state index contributed by atoms with van der Waals surface area (Å²) in [4.78, 5) is 49.4. The fourth-order valence-electron chi connectivity index (χ4n) is 3.76. The van der Waals surface area contributed by atoms with Gasteiger partial charge in [-0.2, -0.15) is 0 Å². The average Bonchev–Trinajstić information content (AvgIpc) is 3.23. The molecule has 3 rings (SSSR count). The summed E-state index contributed by atoms with van der Waals surface area (Å²) >= 11 is 0. The maximum Gasteiger partial charge on any atom is 0.344 e. The van der Waals surface area contributed by atoms with Crippen molar-refractivity contribution in [3.63, 3.8) is 0 Å². The molecule has 0 atom stereocenters. The highest BCUT2D eigenvalue weighted by molar-refractivity contribution is 5.96. The highest BCUT2D eigenvalue weighted by Crippen LogP contribution is 2.24. The van der Waals surface area contributed by atoms with Crippen LogP contribution in [0.1, 0.15) is 29.5 Å². The highest BCUT2D eigenvalue weighted by atomic mass is 16.6. The number of carbonyl (C=O) groups excluding carboxylic acids is 4. The van der Waals surface area contributed by atoms with Crippen LogP contribution in [0.15, 0.2) is 36.4 Å². The van der Waals surface area contributed by atoms with Crippen molar-refractivity contribution in [2.75, 3.05) is 36.5 Å². The number of rotatable bonds is 9. The lowest BCUT2D eigenvalue weighted by Gasteiger charge is -2.16. The molecular formula is C25H29N3O6. The molecule has 2 N–H and O–H groups in total. The summed E-state index contributed by atoms with van der Waals surface area (Å²) in [5.74, 6) is -1.16. The zero-order valence-electron chi connectivity index (χ0n) is 19.6. The molecule has 0 saturated carbocycles. The van der Waals surface area contributed by atoms with Crippen LogP contribution in [-0.2, 0) is 23.9 Å². The lowest BCUT2D eigenvalue weighted by molar-refractivity contribution is -0.150. The molecule has 0 unspecified atom stereocenters. The number of carbonyl (C=O) groups is 4. The van der Waals surface area contributed by atoms with E-state index in [2.05, 4.69) is 10.6 Å². The molecule has 1 heterocycles. The van der Waals surface area contributed by atoms with E-state index in [1.54, 1.807) is 29.2 Å². The Morgan fingerprint density at radius 1 is 0.971 bits per heavy atom. The van der Waals surface area contributed by atoms with Gasteiger partial charge in [0.15, 0.2) is 13.2 Å². The molecule has 0 aromatic heterocycles. The van der Waals surface area contributed by atoms with Gasteiger partial charge in [-0.25, -0.2) is 4.79 Å². The van der Waals surface area contributed by atoms with Gasteiger partial charge >= 0.3 is 5.97 Å².